The van der Waals surface area contributed by atoms with E-state index in [0.717, 1.165) is 70.1 Å². The second kappa shape index (κ2) is 31.1. The van der Waals surface area contributed by atoms with Crippen molar-refractivity contribution >= 4 is 11.9 Å². The predicted molar refractivity (Wildman–Crippen MR) is 203 cm³/mol. The van der Waals surface area contributed by atoms with Gasteiger partial charge in [0.05, 0.1) is 18.3 Å². The molecule has 0 aliphatic heterocycles. The molecule has 50 heavy (non-hydrogen) atoms. The zero-order valence-electron chi connectivity index (χ0n) is 32.4. The lowest BCUT2D eigenvalue weighted by atomic mass is 9.88. The van der Waals surface area contributed by atoms with Gasteiger partial charge in [0.25, 0.3) is 0 Å². The summed E-state index contributed by atoms with van der Waals surface area (Å²) >= 11 is 0. The van der Waals surface area contributed by atoms with Crippen LogP contribution < -0.4 is 0 Å². The highest BCUT2D eigenvalue weighted by molar-refractivity contribution is 5.69. The van der Waals surface area contributed by atoms with Gasteiger partial charge in [-0.25, -0.2) is 0 Å². The highest BCUT2D eigenvalue weighted by atomic mass is 16.6. The number of hydrogen-bond donors (Lipinski definition) is 4. The maximum atomic E-state index is 12.1. The molecule has 0 aromatic carbocycles. The van der Waals surface area contributed by atoms with Gasteiger partial charge in [-0.1, -0.05) is 155 Å². The monoisotopic (exact) mass is 711 g/mol. The van der Waals surface area contributed by atoms with Crippen LogP contribution in [0.1, 0.15) is 188 Å². The molecule has 4 N–H and O–H groups in total. The van der Waals surface area contributed by atoms with Gasteiger partial charge < -0.3 is 29.9 Å². The largest absolute Gasteiger partial charge is 0.463 e. The van der Waals surface area contributed by atoms with Gasteiger partial charge in [-0.15, -0.1) is 0 Å². The molecule has 1 fully saturated rings. The van der Waals surface area contributed by atoms with Gasteiger partial charge in [-0.05, 0) is 37.5 Å². The van der Waals surface area contributed by atoms with E-state index in [4.69, 9.17) is 9.47 Å². The Balaban J connectivity index is 1.99. The summed E-state index contributed by atoms with van der Waals surface area (Å²) in [7, 11) is 0. The smallest absolute Gasteiger partial charge is 0.305 e. The summed E-state index contributed by atoms with van der Waals surface area (Å²) in [5, 5.41) is 41.2. The Bertz CT molecular complexity index is 846. The molecule has 1 rings (SSSR count). The highest BCUT2D eigenvalue weighted by Crippen LogP contribution is 2.37. The standard InChI is InChI=1S/C42H78O8/c1-4-5-19-25-35(43)29-30-38-37(39(45)31-40(38)46)26-21-17-18-23-28-42(48)50-33-36(44)32-49-41(47)27-22-16-14-12-10-8-6-7-9-11-13-15-20-24-34(2)3/h29-30,34-40,43-46H,4-28,31-33H2,1-3H3/b30-29+/t35-,36-,37+,38+,39-,40+/m0/s1. The fourth-order valence-corrected chi connectivity index (χ4v) is 7.07. The van der Waals surface area contributed by atoms with Crippen molar-refractivity contribution in [3.05, 3.63) is 12.2 Å². The van der Waals surface area contributed by atoms with Gasteiger partial charge in [-0.3, -0.25) is 9.59 Å². The lowest BCUT2D eigenvalue weighted by Gasteiger charge is -2.21. The molecular weight excluding hydrogens is 632 g/mol. The van der Waals surface area contributed by atoms with Crippen molar-refractivity contribution in [1.82, 2.24) is 0 Å². The number of unbranched alkanes of at least 4 members (excludes halogenated alkanes) is 17. The summed E-state index contributed by atoms with van der Waals surface area (Å²) in [5.74, 6) is -0.0363. The zero-order chi connectivity index (χ0) is 36.8. The number of rotatable bonds is 33. The molecule has 1 saturated carbocycles. The second-order valence-corrected chi connectivity index (χ2v) is 15.6. The summed E-state index contributed by atoms with van der Waals surface area (Å²) < 4.78 is 10.3. The summed E-state index contributed by atoms with van der Waals surface area (Å²) in [6.07, 6.45) is 27.7. The van der Waals surface area contributed by atoms with Crippen LogP contribution in [0.25, 0.3) is 0 Å². The topological polar surface area (TPSA) is 134 Å². The Morgan fingerprint density at radius 1 is 0.640 bits per heavy atom. The average molecular weight is 711 g/mol. The maximum absolute atomic E-state index is 12.1. The fourth-order valence-electron chi connectivity index (χ4n) is 7.07. The zero-order valence-corrected chi connectivity index (χ0v) is 32.4. The van der Waals surface area contributed by atoms with Crippen LogP contribution in [0.4, 0.5) is 0 Å². The molecule has 0 heterocycles. The second-order valence-electron chi connectivity index (χ2n) is 15.6. The number of ether oxygens (including phenoxy) is 2. The summed E-state index contributed by atoms with van der Waals surface area (Å²) in [6.45, 7) is 6.38. The molecule has 0 bridgehead atoms. The molecule has 294 valence electrons. The van der Waals surface area contributed by atoms with E-state index in [2.05, 4.69) is 20.8 Å². The van der Waals surface area contributed by atoms with Crippen LogP contribution in [-0.4, -0.2) is 70.0 Å². The van der Waals surface area contributed by atoms with Crippen LogP contribution in [-0.2, 0) is 19.1 Å². The van der Waals surface area contributed by atoms with Crippen molar-refractivity contribution in [1.29, 1.82) is 0 Å². The highest BCUT2D eigenvalue weighted by Gasteiger charge is 2.39. The third-order valence-electron chi connectivity index (χ3n) is 10.3. The number of aliphatic hydroxyl groups is 4. The van der Waals surface area contributed by atoms with E-state index >= 15 is 0 Å². The molecule has 0 saturated heterocycles. The molecule has 0 unspecified atom stereocenters. The Morgan fingerprint density at radius 2 is 1.10 bits per heavy atom. The molecule has 0 aromatic heterocycles. The lowest BCUT2D eigenvalue weighted by Crippen LogP contribution is -2.25. The molecule has 6 atom stereocenters. The van der Waals surface area contributed by atoms with Crippen LogP contribution in [0.5, 0.6) is 0 Å². The fraction of sp³-hybridized carbons (Fsp3) is 0.905. The van der Waals surface area contributed by atoms with E-state index in [-0.39, 0.29) is 43.4 Å². The molecule has 0 amide bonds. The van der Waals surface area contributed by atoms with E-state index in [1.54, 1.807) is 6.08 Å². The molecular formula is C42H78O8. The molecule has 1 aliphatic rings. The third kappa shape index (κ3) is 25.5. The Morgan fingerprint density at radius 3 is 1.60 bits per heavy atom. The van der Waals surface area contributed by atoms with Gasteiger partial charge in [0.1, 0.15) is 19.3 Å². The number of esters is 2. The molecule has 8 heteroatoms. The first-order valence-electron chi connectivity index (χ1n) is 20.9. The van der Waals surface area contributed by atoms with E-state index in [0.29, 0.717) is 25.7 Å². The molecule has 1 aliphatic carbocycles. The first-order valence-corrected chi connectivity index (χ1v) is 20.9. The first kappa shape index (κ1) is 46.5. The summed E-state index contributed by atoms with van der Waals surface area (Å²) in [4.78, 5) is 24.1. The minimum atomic E-state index is -1.03. The quantitative estimate of drug-likeness (QED) is 0.0301. The van der Waals surface area contributed by atoms with Crippen LogP contribution >= 0.6 is 0 Å². The van der Waals surface area contributed by atoms with Crippen molar-refractivity contribution in [3.8, 4) is 0 Å². The third-order valence-corrected chi connectivity index (χ3v) is 10.3. The molecule has 0 aromatic rings. The number of carbonyl (C=O) groups excluding carboxylic acids is 2. The van der Waals surface area contributed by atoms with E-state index in [1.807, 2.05) is 6.08 Å². The van der Waals surface area contributed by atoms with Gasteiger partial charge in [0.2, 0.25) is 0 Å². The summed E-state index contributed by atoms with van der Waals surface area (Å²) in [5.41, 5.74) is 0. The van der Waals surface area contributed by atoms with Crippen molar-refractivity contribution in [3.63, 3.8) is 0 Å². The summed E-state index contributed by atoms with van der Waals surface area (Å²) in [6, 6.07) is 0. The number of carbonyl (C=O) groups is 2. The van der Waals surface area contributed by atoms with E-state index < -0.39 is 24.4 Å². The van der Waals surface area contributed by atoms with Gasteiger partial charge in [0.15, 0.2) is 0 Å². The number of aliphatic hydroxyl groups excluding tert-OH is 4. The maximum Gasteiger partial charge on any atom is 0.305 e. The average Bonchev–Trinajstić information content (AvgIpc) is 3.35. The Hall–Kier alpha value is -1.48. The van der Waals surface area contributed by atoms with Crippen molar-refractivity contribution < 1.29 is 39.5 Å². The minimum absolute atomic E-state index is 0.0295. The van der Waals surface area contributed by atoms with E-state index in [9.17, 15) is 30.0 Å². The Labute approximate surface area is 306 Å². The normalized spacial score (nSPS) is 20.5. The number of hydrogen-bond acceptors (Lipinski definition) is 8. The van der Waals surface area contributed by atoms with Gasteiger partial charge in [-0.2, -0.15) is 0 Å². The Kier molecular flexibility index (Phi) is 28.9. The first-order chi connectivity index (χ1) is 24.1. The van der Waals surface area contributed by atoms with Crippen molar-refractivity contribution in [2.24, 2.45) is 17.8 Å². The van der Waals surface area contributed by atoms with Crippen LogP contribution in [0.3, 0.4) is 0 Å². The SMILES string of the molecule is CCCCC[C@H](O)/C=C/[C@@H]1[C@@H](CCCCCCC(=O)OC[C@@H](O)COC(=O)CCCCCCCCCCCCCCCC(C)C)[C@@H](O)C[C@H]1O. The van der Waals surface area contributed by atoms with E-state index in [1.165, 1.54) is 70.6 Å². The van der Waals surface area contributed by atoms with Crippen LogP contribution in [0.2, 0.25) is 0 Å². The molecule has 8 nitrogen and oxygen atoms in total. The van der Waals surface area contributed by atoms with Crippen molar-refractivity contribution in [2.45, 2.75) is 212 Å². The van der Waals surface area contributed by atoms with Gasteiger partial charge in [0, 0.05) is 25.2 Å². The minimum Gasteiger partial charge on any atom is -0.463 e. The van der Waals surface area contributed by atoms with Crippen molar-refractivity contribution in [2.75, 3.05) is 13.2 Å². The van der Waals surface area contributed by atoms with Crippen LogP contribution in [0.15, 0.2) is 12.2 Å². The predicted octanol–water partition coefficient (Wildman–Crippen LogP) is 9.14. The van der Waals surface area contributed by atoms with Gasteiger partial charge >= 0.3 is 11.9 Å². The molecule has 0 spiro atoms. The van der Waals surface area contributed by atoms with Crippen LogP contribution in [0, 0.1) is 17.8 Å². The molecule has 0 radical (unpaired) electrons. The lowest BCUT2D eigenvalue weighted by molar-refractivity contribution is -0.152.